The fourth-order valence-electron chi connectivity index (χ4n) is 3.09. The van der Waals surface area contributed by atoms with Crippen molar-refractivity contribution in [2.45, 2.75) is 18.2 Å². The van der Waals surface area contributed by atoms with Gasteiger partial charge in [-0.3, -0.25) is 4.79 Å². The average molecular weight is 494 g/mol. The summed E-state index contributed by atoms with van der Waals surface area (Å²) in [5, 5.41) is 15.6. The number of aromatic nitrogens is 6. The summed E-state index contributed by atoms with van der Waals surface area (Å²) in [7, 11) is 0. The normalized spacial score (nSPS) is 13.5. The lowest BCUT2D eigenvalue weighted by Crippen LogP contribution is -2.59. The molecule has 182 valence electrons. The molecule has 0 radical (unpaired) electrons. The van der Waals surface area contributed by atoms with Gasteiger partial charge in [0.15, 0.2) is 23.1 Å². The molecule has 0 spiro atoms. The van der Waals surface area contributed by atoms with Gasteiger partial charge in [0.05, 0.1) is 24.6 Å². The Kier molecular flexibility index (Phi) is 6.02. The number of nitrogens with zero attached hydrogens (tertiary/aromatic N) is 6. The van der Waals surface area contributed by atoms with Crippen LogP contribution in [0, 0.1) is 11.6 Å². The zero-order valence-electron chi connectivity index (χ0n) is 17.5. The maximum Gasteiger partial charge on any atom is 0.428 e. The Labute approximate surface area is 192 Å². The SMILES string of the molecule is NC(=O)C(O)(CNc1nc(-c2cn3ncnc3c(Cc3ccccc3F)n2)ncc1F)C(F)(F)F. The second-order valence-corrected chi connectivity index (χ2v) is 7.34. The van der Waals surface area contributed by atoms with Gasteiger partial charge in [-0.1, -0.05) is 18.2 Å². The summed E-state index contributed by atoms with van der Waals surface area (Å²) in [6, 6.07) is 5.98. The van der Waals surface area contributed by atoms with Gasteiger partial charge in [0.1, 0.15) is 17.8 Å². The zero-order valence-corrected chi connectivity index (χ0v) is 17.5. The van der Waals surface area contributed by atoms with Gasteiger partial charge in [-0.25, -0.2) is 33.2 Å². The van der Waals surface area contributed by atoms with E-state index in [9.17, 15) is 31.9 Å². The van der Waals surface area contributed by atoms with E-state index in [0.717, 1.165) is 0 Å². The number of anilines is 1. The Bertz CT molecular complexity index is 1410. The van der Waals surface area contributed by atoms with Crippen molar-refractivity contribution in [3.63, 3.8) is 0 Å². The Morgan fingerprint density at radius 1 is 1.11 bits per heavy atom. The average Bonchev–Trinajstić information content (AvgIpc) is 3.28. The second kappa shape index (κ2) is 8.83. The number of hydrogen-bond donors (Lipinski definition) is 3. The summed E-state index contributed by atoms with van der Waals surface area (Å²) in [6.07, 6.45) is -2.21. The monoisotopic (exact) mass is 494 g/mol. The minimum absolute atomic E-state index is 0.00619. The van der Waals surface area contributed by atoms with Crippen molar-refractivity contribution in [3.8, 4) is 11.5 Å². The first-order valence-corrected chi connectivity index (χ1v) is 9.78. The van der Waals surface area contributed by atoms with E-state index in [2.05, 4.69) is 30.8 Å². The van der Waals surface area contributed by atoms with Crippen LogP contribution in [0.3, 0.4) is 0 Å². The van der Waals surface area contributed by atoms with E-state index in [1.165, 1.54) is 29.2 Å². The molecule has 0 saturated carbocycles. The first-order chi connectivity index (χ1) is 16.5. The molecule has 4 aromatic rings. The molecular weight excluding hydrogens is 479 g/mol. The van der Waals surface area contributed by atoms with E-state index in [1.807, 2.05) is 5.32 Å². The largest absolute Gasteiger partial charge is 0.428 e. The molecule has 15 heteroatoms. The van der Waals surface area contributed by atoms with Crippen LogP contribution in [-0.4, -0.2) is 58.9 Å². The van der Waals surface area contributed by atoms with Crippen molar-refractivity contribution in [1.29, 1.82) is 0 Å². The van der Waals surface area contributed by atoms with Crippen LogP contribution >= 0.6 is 0 Å². The van der Waals surface area contributed by atoms with Crippen molar-refractivity contribution in [2.75, 3.05) is 11.9 Å². The van der Waals surface area contributed by atoms with Crippen LogP contribution in [0.5, 0.6) is 0 Å². The zero-order chi connectivity index (χ0) is 25.4. The number of nitrogens with one attached hydrogen (secondary N) is 1. The van der Waals surface area contributed by atoms with Crippen LogP contribution < -0.4 is 11.1 Å². The number of hydrogen-bond acceptors (Lipinski definition) is 8. The summed E-state index contributed by atoms with van der Waals surface area (Å²) in [4.78, 5) is 27.3. The maximum atomic E-state index is 14.2. The minimum Gasteiger partial charge on any atom is -0.371 e. The molecule has 0 aliphatic carbocycles. The van der Waals surface area contributed by atoms with Crippen LogP contribution in [0.25, 0.3) is 17.2 Å². The third-order valence-electron chi connectivity index (χ3n) is 5.01. The number of halogens is 5. The van der Waals surface area contributed by atoms with Crippen LogP contribution in [0.2, 0.25) is 0 Å². The van der Waals surface area contributed by atoms with Crippen molar-refractivity contribution in [1.82, 2.24) is 29.5 Å². The van der Waals surface area contributed by atoms with Gasteiger partial charge in [-0.15, -0.1) is 0 Å². The van der Waals surface area contributed by atoms with Gasteiger partial charge in [-0.05, 0) is 11.6 Å². The van der Waals surface area contributed by atoms with Crippen molar-refractivity contribution in [2.24, 2.45) is 5.73 Å². The number of benzene rings is 1. The molecule has 1 amide bonds. The molecule has 0 fully saturated rings. The fourth-order valence-corrected chi connectivity index (χ4v) is 3.09. The molecule has 0 saturated heterocycles. The molecule has 10 nitrogen and oxygen atoms in total. The number of carbonyl (C=O) groups is 1. The first kappa shape index (κ1) is 23.9. The van der Waals surface area contributed by atoms with Crippen LogP contribution in [0.15, 0.2) is 43.0 Å². The number of fused-ring (bicyclic) bond motifs is 1. The lowest BCUT2D eigenvalue weighted by atomic mass is 10.0. The van der Waals surface area contributed by atoms with Gasteiger partial charge in [0.25, 0.3) is 11.5 Å². The van der Waals surface area contributed by atoms with E-state index < -0.39 is 41.7 Å². The van der Waals surface area contributed by atoms with Gasteiger partial charge < -0.3 is 16.2 Å². The van der Waals surface area contributed by atoms with Gasteiger partial charge in [0, 0.05) is 6.42 Å². The Morgan fingerprint density at radius 2 is 1.86 bits per heavy atom. The van der Waals surface area contributed by atoms with E-state index in [4.69, 9.17) is 0 Å². The predicted octanol–water partition coefficient (Wildman–Crippen LogP) is 1.64. The first-order valence-electron chi connectivity index (χ1n) is 9.78. The van der Waals surface area contributed by atoms with Crippen molar-refractivity contribution >= 4 is 17.4 Å². The molecule has 1 atom stereocenters. The lowest BCUT2D eigenvalue weighted by Gasteiger charge is -2.27. The van der Waals surface area contributed by atoms with E-state index in [0.29, 0.717) is 17.4 Å². The second-order valence-electron chi connectivity index (χ2n) is 7.34. The molecular formula is C20H15F5N8O2. The lowest BCUT2D eigenvalue weighted by molar-refractivity contribution is -0.245. The summed E-state index contributed by atoms with van der Waals surface area (Å²) in [5.74, 6) is -4.72. The Hall–Kier alpha value is -4.27. The third-order valence-corrected chi connectivity index (χ3v) is 5.01. The maximum absolute atomic E-state index is 14.2. The third kappa shape index (κ3) is 4.57. The number of rotatable bonds is 7. The highest BCUT2D eigenvalue weighted by molar-refractivity contribution is 5.85. The highest BCUT2D eigenvalue weighted by atomic mass is 19.4. The van der Waals surface area contributed by atoms with Crippen molar-refractivity contribution < 1.29 is 31.9 Å². The highest BCUT2D eigenvalue weighted by Crippen LogP contribution is 2.31. The highest BCUT2D eigenvalue weighted by Gasteiger charge is 2.58. The molecule has 0 bridgehead atoms. The molecule has 3 heterocycles. The number of amides is 1. The fraction of sp³-hybridized carbons (Fsp3) is 0.200. The summed E-state index contributed by atoms with van der Waals surface area (Å²) >= 11 is 0. The summed E-state index contributed by atoms with van der Waals surface area (Å²) < 4.78 is 69.0. The van der Waals surface area contributed by atoms with E-state index in [-0.39, 0.29) is 23.6 Å². The number of aliphatic hydroxyl groups is 1. The quantitative estimate of drug-likeness (QED) is 0.329. The number of primary amides is 1. The van der Waals surface area contributed by atoms with Crippen LogP contribution in [0.4, 0.5) is 27.8 Å². The minimum atomic E-state index is -5.43. The Balaban J connectivity index is 1.70. The summed E-state index contributed by atoms with van der Waals surface area (Å²) in [6.45, 7) is -1.51. The van der Waals surface area contributed by atoms with E-state index >= 15 is 0 Å². The van der Waals surface area contributed by atoms with Crippen molar-refractivity contribution in [3.05, 3.63) is 65.9 Å². The van der Waals surface area contributed by atoms with Gasteiger partial charge >= 0.3 is 6.18 Å². The molecule has 0 aliphatic rings. The molecule has 4 rings (SSSR count). The molecule has 35 heavy (non-hydrogen) atoms. The number of alkyl halides is 3. The molecule has 1 aromatic carbocycles. The molecule has 3 aromatic heterocycles. The summed E-state index contributed by atoms with van der Waals surface area (Å²) in [5.41, 5.74) is 1.60. The Morgan fingerprint density at radius 3 is 2.54 bits per heavy atom. The van der Waals surface area contributed by atoms with E-state index in [1.54, 1.807) is 12.1 Å². The van der Waals surface area contributed by atoms with Crippen LogP contribution in [0.1, 0.15) is 11.3 Å². The number of carbonyl (C=O) groups excluding carboxylic acids is 1. The van der Waals surface area contributed by atoms with Crippen LogP contribution in [-0.2, 0) is 11.2 Å². The topological polar surface area (TPSA) is 144 Å². The standard InChI is InChI=1S/C20H15F5N8O2/c21-11-4-2-1-3-10(11)5-13-17-29-9-30-33(17)7-14(31-13)16-27-6-12(22)15(32-16)28-8-19(35,18(26)34)20(23,24)25/h1-4,6-7,9,35H,5,8H2,(H2,26,34)(H,27,28,32). The molecule has 0 aliphatic heterocycles. The van der Waals surface area contributed by atoms with Gasteiger partial charge in [-0.2, -0.15) is 18.3 Å². The predicted molar refractivity (Wildman–Crippen MR) is 110 cm³/mol. The smallest absolute Gasteiger partial charge is 0.371 e. The van der Waals surface area contributed by atoms with Gasteiger partial charge in [0.2, 0.25) is 0 Å². The number of nitrogens with two attached hydrogens (primary N) is 1. The molecule has 1 unspecified atom stereocenters. The molecule has 4 N–H and O–H groups in total.